The van der Waals surface area contributed by atoms with Gasteiger partial charge in [0.2, 0.25) is 0 Å². The molecule has 4 N–H and O–H groups in total. The molecule has 4 aliphatic carbocycles. The summed E-state index contributed by atoms with van der Waals surface area (Å²) < 4.78 is 0. The number of aliphatic hydroxyl groups excluding tert-OH is 2. The van der Waals surface area contributed by atoms with E-state index >= 15 is 0 Å². The maximum absolute atomic E-state index is 11.8. The first-order valence-corrected chi connectivity index (χ1v) is 9.80. The molecule has 8 atom stereocenters. The molecule has 0 heterocycles. The van der Waals surface area contributed by atoms with Crippen molar-refractivity contribution in [2.45, 2.75) is 63.8 Å². The average Bonchev–Trinajstić information content (AvgIpc) is 2.86. The Hall–Kier alpha value is -1.50. The van der Waals surface area contributed by atoms with Crippen LogP contribution < -0.4 is 0 Å². The molecule has 3 fully saturated rings. The van der Waals surface area contributed by atoms with Crippen LogP contribution in [0.3, 0.4) is 0 Å². The summed E-state index contributed by atoms with van der Waals surface area (Å²) in [5.74, 6) is -1.39. The Labute approximate surface area is 158 Å². The summed E-state index contributed by atoms with van der Waals surface area (Å²) in [6.45, 7) is 3.89. The zero-order valence-electron chi connectivity index (χ0n) is 15.8. The monoisotopic (exact) mass is 376 g/mol. The van der Waals surface area contributed by atoms with E-state index in [-0.39, 0.29) is 36.4 Å². The maximum atomic E-state index is 11.8. The van der Waals surface area contributed by atoms with Gasteiger partial charge in [-0.05, 0) is 56.1 Å². The van der Waals surface area contributed by atoms with Crippen molar-refractivity contribution in [1.29, 1.82) is 0 Å². The Morgan fingerprint density at radius 2 is 2.00 bits per heavy atom. The van der Waals surface area contributed by atoms with Crippen LogP contribution in [-0.4, -0.2) is 50.0 Å². The van der Waals surface area contributed by atoms with E-state index in [4.69, 9.17) is 0 Å². The molecule has 27 heavy (non-hydrogen) atoms. The van der Waals surface area contributed by atoms with Crippen LogP contribution >= 0.6 is 0 Å². The summed E-state index contributed by atoms with van der Waals surface area (Å²) in [4.78, 5) is 23.2. The molecule has 148 valence electrons. The second-order valence-electron chi connectivity index (χ2n) is 9.42. The Bertz CT molecular complexity index is 756. The van der Waals surface area contributed by atoms with Gasteiger partial charge in [-0.2, -0.15) is 0 Å². The van der Waals surface area contributed by atoms with E-state index in [2.05, 4.69) is 6.92 Å². The second-order valence-corrected chi connectivity index (χ2v) is 9.42. The molecule has 3 saturated carbocycles. The van der Waals surface area contributed by atoms with Crippen LogP contribution in [-0.2, 0) is 9.59 Å². The molecule has 0 aromatic carbocycles. The number of rotatable bonds is 2. The van der Waals surface area contributed by atoms with Crippen molar-refractivity contribution in [1.82, 2.24) is 0 Å². The maximum Gasteiger partial charge on any atom is 0.335 e. The minimum atomic E-state index is -1.86. The molecule has 4 rings (SSSR count). The van der Waals surface area contributed by atoms with Crippen molar-refractivity contribution in [3.05, 3.63) is 23.8 Å². The van der Waals surface area contributed by atoms with Gasteiger partial charge >= 0.3 is 5.97 Å². The number of fused-ring (bicyclic) bond motifs is 5. The van der Waals surface area contributed by atoms with Crippen LogP contribution in [0.4, 0.5) is 0 Å². The van der Waals surface area contributed by atoms with Gasteiger partial charge in [-0.3, -0.25) is 4.79 Å². The van der Waals surface area contributed by atoms with E-state index in [1.807, 2.05) is 13.0 Å². The number of carbonyl (C=O) groups is 2. The number of aliphatic carboxylic acids is 1. The van der Waals surface area contributed by atoms with Crippen LogP contribution in [0, 0.1) is 28.6 Å². The smallest absolute Gasteiger partial charge is 0.335 e. The highest BCUT2D eigenvalue weighted by molar-refractivity contribution is 6.01. The largest absolute Gasteiger partial charge is 0.479 e. The zero-order chi connectivity index (χ0) is 19.8. The fourth-order valence-electron chi connectivity index (χ4n) is 7.02. The topological polar surface area (TPSA) is 115 Å². The second kappa shape index (κ2) is 5.75. The van der Waals surface area contributed by atoms with Gasteiger partial charge in [-0.25, -0.2) is 4.79 Å². The third-order valence-corrected chi connectivity index (χ3v) is 8.40. The predicted molar refractivity (Wildman–Crippen MR) is 96.6 cm³/mol. The summed E-state index contributed by atoms with van der Waals surface area (Å²) in [5, 5.41) is 41.9. The first-order valence-electron chi connectivity index (χ1n) is 9.80. The van der Waals surface area contributed by atoms with E-state index in [0.29, 0.717) is 6.42 Å². The molecule has 0 spiro atoms. The van der Waals surface area contributed by atoms with Crippen molar-refractivity contribution in [3.63, 3.8) is 0 Å². The molecular weight excluding hydrogens is 348 g/mol. The Morgan fingerprint density at radius 3 is 2.67 bits per heavy atom. The van der Waals surface area contributed by atoms with E-state index in [0.717, 1.165) is 18.4 Å². The average molecular weight is 376 g/mol. The lowest BCUT2D eigenvalue weighted by Crippen LogP contribution is -2.63. The summed E-state index contributed by atoms with van der Waals surface area (Å²) in [6, 6.07) is 0. The molecule has 0 bridgehead atoms. The molecule has 0 aromatic rings. The standard InChI is InChI=1S/C21H28O6/c1-19-7-5-12(22)9-11(19)3-4-13-14-6-8-21(27,17(24)18(25)26)20(14,2)10-15(23)16(13)19/h5,7,9,13-17,23-24,27H,3-4,6,8,10H2,1-2H3,(H,25,26)/t13-,14-,15-,16+,17?,19-,20-,21-/m0/s1. The first-order chi connectivity index (χ1) is 12.5. The Kier molecular flexibility index (Phi) is 4.01. The predicted octanol–water partition coefficient (Wildman–Crippen LogP) is 1.44. The molecule has 0 aromatic heterocycles. The van der Waals surface area contributed by atoms with Gasteiger partial charge in [0, 0.05) is 16.7 Å². The van der Waals surface area contributed by atoms with E-state index in [1.165, 1.54) is 0 Å². The number of carboxylic acids is 1. The van der Waals surface area contributed by atoms with Gasteiger partial charge < -0.3 is 20.4 Å². The normalized spacial score (nSPS) is 49.7. The first kappa shape index (κ1) is 18.8. The fourth-order valence-corrected chi connectivity index (χ4v) is 7.02. The Balaban J connectivity index is 1.74. The summed E-state index contributed by atoms with van der Waals surface area (Å²) in [7, 11) is 0. The molecule has 6 heteroatoms. The van der Waals surface area contributed by atoms with Gasteiger partial charge in [0.05, 0.1) is 6.10 Å². The number of carbonyl (C=O) groups excluding carboxylic acids is 1. The van der Waals surface area contributed by atoms with Gasteiger partial charge in [0.1, 0.15) is 5.60 Å². The molecule has 1 unspecified atom stereocenters. The van der Waals surface area contributed by atoms with Crippen molar-refractivity contribution >= 4 is 11.8 Å². The van der Waals surface area contributed by atoms with Crippen LogP contribution in [0.25, 0.3) is 0 Å². The van der Waals surface area contributed by atoms with Crippen molar-refractivity contribution < 1.29 is 30.0 Å². The highest BCUT2D eigenvalue weighted by Crippen LogP contribution is 2.67. The minimum absolute atomic E-state index is 0.0177. The number of aliphatic hydroxyl groups is 3. The summed E-state index contributed by atoms with van der Waals surface area (Å²) in [5.41, 5.74) is -1.95. The van der Waals surface area contributed by atoms with E-state index in [9.17, 15) is 30.0 Å². The fraction of sp³-hybridized carbons (Fsp3) is 0.714. The van der Waals surface area contributed by atoms with Crippen molar-refractivity contribution in [3.8, 4) is 0 Å². The van der Waals surface area contributed by atoms with Crippen LogP contribution in [0.5, 0.6) is 0 Å². The zero-order valence-corrected chi connectivity index (χ0v) is 15.8. The van der Waals surface area contributed by atoms with Gasteiger partial charge in [-0.15, -0.1) is 0 Å². The molecule has 0 aliphatic heterocycles. The highest BCUT2D eigenvalue weighted by Gasteiger charge is 2.68. The third-order valence-electron chi connectivity index (χ3n) is 8.40. The number of allylic oxidation sites excluding steroid dienone is 4. The lowest BCUT2D eigenvalue weighted by Gasteiger charge is -2.60. The molecule has 0 saturated heterocycles. The summed E-state index contributed by atoms with van der Waals surface area (Å²) in [6.07, 6.45) is 5.21. The number of ketones is 1. The van der Waals surface area contributed by atoms with Crippen LogP contribution in [0.1, 0.15) is 46.0 Å². The lowest BCUT2D eigenvalue weighted by molar-refractivity contribution is -0.207. The number of hydrogen-bond donors (Lipinski definition) is 4. The molecule has 6 nitrogen and oxygen atoms in total. The quantitative estimate of drug-likeness (QED) is 0.580. The number of carboxylic acid groups (broad SMARTS) is 1. The molecule has 4 aliphatic rings. The van der Waals surface area contributed by atoms with E-state index < -0.39 is 34.6 Å². The Morgan fingerprint density at radius 1 is 1.30 bits per heavy atom. The van der Waals surface area contributed by atoms with Gasteiger partial charge in [-0.1, -0.05) is 25.5 Å². The molecule has 0 radical (unpaired) electrons. The van der Waals surface area contributed by atoms with Crippen LogP contribution in [0.2, 0.25) is 0 Å². The van der Waals surface area contributed by atoms with Crippen molar-refractivity contribution in [2.75, 3.05) is 0 Å². The van der Waals surface area contributed by atoms with Gasteiger partial charge in [0.25, 0.3) is 0 Å². The summed E-state index contributed by atoms with van der Waals surface area (Å²) >= 11 is 0. The van der Waals surface area contributed by atoms with Crippen molar-refractivity contribution in [2.24, 2.45) is 28.6 Å². The van der Waals surface area contributed by atoms with Gasteiger partial charge in [0.15, 0.2) is 11.9 Å². The molecular formula is C21H28O6. The molecule has 0 amide bonds. The third kappa shape index (κ3) is 2.30. The minimum Gasteiger partial charge on any atom is -0.479 e. The SMILES string of the molecule is C[C@]12C=CC(=O)C=C1CC[C@@H]1[C@@H]2[C@@H](O)C[C@@]2(C)[C@H]1CC[C@]2(O)C(O)C(=O)O. The van der Waals surface area contributed by atoms with E-state index in [1.54, 1.807) is 12.2 Å². The van der Waals surface area contributed by atoms with Crippen LogP contribution in [0.15, 0.2) is 23.8 Å². The number of hydrogen-bond acceptors (Lipinski definition) is 5. The highest BCUT2D eigenvalue weighted by atomic mass is 16.4. The lowest BCUT2D eigenvalue weighted by atomic mass is 9.46.